The minimum Gasteiger partial charge on any atom is -0.484 e. The molecule has 1 rings (SSSR count). The molecule has 0 spiro atoms. The molecule has 19 heavy (non-hydrogen) atoms. The first-order valence-corrected chi connectivity index (χ1v) is 5.79. The van der Waals surface area contributed by atoms with E-state index in [1.54, 1.807) is 31.2 Å². The van der Waals surface area contributed by atoms with Crippen molar-refractivity contribution in [1.29, 1.82) is 0 Å². The predicted molar refractivity (Wildman–Crippen MR) is 67.7 cm³/mol. The summed E-state index contributed by atoms with van der Waals surface area (Å²) < 4.78 is 10.4. The maximum atomic E-state index is 11.3. The Kier molecular flexibility index (Phi) is 4.88. The fourth-order valence-electron chi connectivity index (χ4n) is 1.58. The molecular weight excluding hydrogens is 250 g/mol. The van der Waals surface area contributed by atoms with Gasteiger partial charge in [0.25, 0.3) is 5.91 Å². The van der Waals surface area contributed by atoms with Gasteiger partial charge in [-0.25, -0.2) is 4.79 Å². The molecule has 0 aliphatic heterocycles. The molecule has 3 N–H and O–H groups in total. The number of hydrogen-bond acceptors (Lipinski definition) is 4. The molecule has 0 radical (unpaired) electrons. The number of aliphatic carboxylic acids is 1. The molecule has 0 saturated carbocycles. The molecule has 0 saturated heterocycles. The molecule has 0 aromatic heterocycles. The molecule has 1 amide bonds. The van der Waals surface area contributed by atoms with E-state index in [0.29, 0.717) is 11.3 Å². The fraction of sp³-hybridized carbons (Fsp3) is 0.385. The van der Waals surface area contributed by atoms with Gasteiger partial charge in [0.15, 0.2) is 12.2 Å². The zero-order valence-corrected chi connectivity index (χ0v) is 10.9. The Bertz CT molecular complexity index is 457. The van der Waals surface area contributed by atoms with Crippen LogP contribution in [0.3, 0.4) is 0 Å². The molecule has 1 atom stereocenters. The van der Waals surface area contributed by atoms with Crippen molar-refractivity contribution in [1.82, 2.24) is 0 Å². The summed E-state index contributed by atoms with van der Waals surface area (Å²) in [5.41, 5.74) is 4.05. The number of carboxylic acid groups (broad SMARTS) is 1. The highest BCUT2D eigenvalue weighted by atomic mass is 16.5. The molecular formula is C13H17NO5. The summed E-state index contributed by atoms with van der Waals surface area (Å²) in [4.78, 5) is 21.9. The molecule has 0 aliphatic carbocycles. The first kappa shape index (κ1) is 15.0. The van der Waals surface area contributed by atoms with Crippen LogP contribution in [-0.2, 0) is 19.9 Å². The van der Waals surface area contributed by atoms with Gasteiger partial charge in [-0.15, -0.1) is 0 Å². The Morgan fingerprint density at radius 1 is 1.32 bits per heavy atom. The van der Waals surface area contributed by atoms with Gasteiger partial charge < -0.3 is 20.3 Å². The van der Waals surface area contributed by atoms with E-state index in [1.165, 1.54) is 6.92 Å². The van der Waals surface area contributed by atoms with E-state index in [2.05, 4.69) is 0 Å². The second-order valence-electron chi connectivity index (χ2n) is 4.05. The molecule has 6 heteroatoms. The number of ether oxygens (including phenoxy) is 2. The molecule has 1 unspecified atom stereocenters. The first-order valence-electron chi connectivity index (χ1n) is 5.79. The highest BCUT2D eigenvalue weighted by molar-refractivity contribution is 5.79. The molecule has 1 aromatic rings. The minimum absolute atomic E-state index is 0.221. The van der Waals surface area contributed by atoms with Crippen LogP contribution < -0.4 is 10.5 Å². The van der Waals surface area contributed by atoms with Crippen LogP contribution in [0.5, 0.6) is 5.75 Å². The van der Waals surface area contributed by atoms with Gasteiger partial charge in [0, 0.05) is 6.61 Å². The summed E-state index contributed by atoms with van der Waals surface area (Å²) in [5.74, 6) is -1.21. The van der Waals surface area contributed by atoms with Crippen LogP contribution in [0.15, 0.2) is 24.3 Å². The van der Waals surface area contributed by atoms with Gasteiger partial charge >= 0.3 is 5.97 Å². The molecule has 0 bridgehead atoms. The van der Waals surface area contributed by atoms with Crippen molar-refractivity contribution in [3.8, 4) is 5.75 Å². The van der Waals surface area contributed by atoms with Gasteiger partial charge in [-0.3, -0.25) is 4.79 Å². The average molecular weight is 267 g/mol. The summed E-state index contributed by atoms with van der Waals surface area (Å²) in [6, 6.07) is 6.30. The van der Waals surface area contributed by atoms with Crippen molar-refractivity contribution in [3.63, 3.8) is 0 Å². The third-order valence-electron chi connectivity index (χ3n) is 2.63. The summed E-state index contributed by atoms with van der Waals surface area (Å²) in [6.07, 6.45) is 0. The van der Waals surface area contributed by atoms with Gasteiger partial charge in [-0.1, -0.05) is 12.1 Å². The van der Waals surface area contributed by atoms with E-state index in [4.69, 9.17) is 15.2 Å². The number of carbonyl (C=O) groups is 2. The van der Waals surface area contributed by atoms with Crippen LogP contribution in [0, 0.1) is 0 Å². The summed E-state index contributed by atoms with van der Waals surface area (Å²) in [6.45, 7) is 3.27. The number of carbonyl (C=O) groups excluding carboxylic acids is 1. The van der Waals surface area contributed by atoms with Crippen molar-refractivity contribution < 1.29 is 24.2 Å². The Balaban J connectivity index is 2.89. The molecule has 0 fully saturated rings. The van der Waals surface area contributed by atoms with Crippen molar-refractivity contribution in [2.75, 3.05) is 13.2 Å². The predicted octanol–water partition coefficient (Wildman–Crippen LogP) is 0.887. The number of rotatable bonds is 7. The Morgan fingerprint density at radius 2 is 1.89 bits per heavy atom. The van der Waals surface area contributed by atoms with Crippen LogP contribution in [-0.4, -0.2) is 30.2 Å². The molecule has 0 aliphatic rings. The third-order valence-corrected chi connectivity index (χ3v) is 2.63. The van der Waals surface area contributed by atoms with Crippen LogP contribution in [0.1, 0.15) is 19.4 Å². The third kappa shape index (κ3) is 3.69. The van der Waals surface area contributed by atoms with E-state index >= 15 is 0 Å². The van der Waals surface area contributed by atoms with E-state index in [0.717, 1.165) is 0 Å². The lowest BCUT2D eigenvalue weighted by Crippen LogP contribution is -2.35. The van der Waals surface area contributed by atoms with Gasteiger partial charge in [0.1, 0.15) is 5.75 Å². The van der Waals surface area contributed by atoms with Crippen molar-refractivity contribution in [2.24, 2.45) is 5.73 Å². The number of hydrogen-bond donors (Lipinski definition) is 2. The zero-order chi connectivity index (χ0) is 14.5. The normalized spacial score (nSPS) is 13.6. The minimum atomic E-state index is -1.41. The monoisotopic (exact) mass is 267 g/mol. The SMILES string of the molecule is CCOC(C)(C(=O)O)c1ccc(OCC(N)=O)cc1. The van der Waals surface area contributed by atoms with Crippen LogP contribution in [0.4, 0.5) is 0 Å². The number of amides is 1. The topological polar surface area (TPSA) is 98.8 Å². The lowest BCUT2D eigenvalue weighted by atomic mass is 9.96. The zero-order valence-electron chi connectivity index (χ0n) is 10.9. The summed E-state index contributed by atoms with van der Waals surface area (Å²) in [5, 5.41) is 9.25. The van der Waals surface area contributed by atoms with Gasteiger partial charge in [0.2, 0.25) is 0 Å². The molecule has 1 aromatic carbocycles. The van der Waals surface area contributed by atoms with Crippen molar-refractivity contribution in [3.05, 3.63) is 29.8 Å². The fourth-order valence-corrected chi connectivity index (χ4v) is 1.58. The van der Waals surface area contributed by atoms with Crippen LogP contribution in [0.2, 0.25) is 0 Å². The summed E-state index contributed by atoms with van der Waals surface area (Å²) in [7, 11) is 0. The van der Waals surface area contributed by atoms with Gasteiger partial charge in [-0.05, 0) is 31.5 Å². The van der Waals surface area contributed by atoms with E-state index in [9.17, 15) is 14.7 Å². The lowest BCUT2D eigenvalue weighted by Gasteiger charge is -2.25. The van der Waals surface area contributed by atoms with Crippen LogP contribution >= 0.6 is 0 Å². The summed E-state index contributed by atoms with van der Waals surface area (Å²) >= 11 is 0. The Hall–Kier alpha value is -2.08. The molecule has 6 nitrogen and oxygen atoms in total. The number of primary amides is 1. The maximum Gasteiger partial charge on any atom is 0.340 e. The first-order chi connectivity index (χ1) is 8.90. The van der Waals surface area contributed by atoms with E-state index in [1.807, 2.05) is 0 Å². The Morgan fingerprint density at radius 3 is 2.32 bits per heavy atom. The number of nitrogens with two attached hydrogens (primary N) is 1. The second-order valence-corrected chi connectivity index (χ2v) is 4.05. The number of carboxylic acids is 1. The largest absolute Gasteiger partial charge is 0.484 e. The van der Waals surface area contributed by atoms with Crippen LogP contribution in [0.25, 0.3) is 0 Å². The van der Waals surface area contributed by atoms with Crippen molar-refractivity contribution in [2.45, 2.75) is 19.4 Å². The smallest absolute Gasteiger partial charge is 0.340 e. The molecule has 104 valence electrons. The molecule has 0 heterocycles. The lowest BCUT2D eigenvalue weighted by molar-refractivity contribution is -0.164. The maximum absolute atomic E-state index is 11.3. The van der Waals surface area contributed by atoms with E-state index in [-0.39, 0.29) is 13.2 Å². The van der Waals surface area contributed by atoms with Gasteiger partial charge in [0.05, 0.1) is 0 Å². The Labute approximate surface area is 111 Å². The quantitative estimate of drug-likeness (QED) is 0.764. The highest BCUT2D eigenvalue weighted by Crippen LogP contribution is 2.27. The van der Waals surface area contributed by atoms with Gasteiger partial charge in [-0.2, -0.15) is 0 Å². The number of benzene rings is 1. The average Bonchev–Trinajstić information content (AvgIpc) is 2.37. The van der Waals surface area contributed by atoms with E-state index < -0.39 is 17.5 Å². The standard InChI is InChI=1S/C13H17NO5/c1-3-19-13(2,12(16)17)9-4-6-10(7-5-9)18-8-11(14)15/h4-7H,3,8H2,1-2H3,(H2,14,15)(H,16,17). The van der Waals surface area contributed by atoms with Crippen molar-refractivity contribution >= 4 is 11.9 Å². The highest BCUT2D eigenvalue weighted by Gasteiger charge is 2.35. The second kappa shape index (κ2) is 6.19.